The van der Waals surface area contributed by atoms with Crippen molar-refractivity contribution < 1.29 is 0 Å². The van der Waals surface area contributed by atoms with E-state index in [1.807, 2.05) is 60.7 Å². The van der Waals surface area contributed by atoms with Crippen molar-refractivity contribution >= 4 is 0 Å². The van der Waals surface area contributed by atoms with Crippen LogP contribution in [0.2, 0.25) is 0 Å². The zero-order chi connectivity index (χ0) is 25.5. The van der Waals surface area contributed by atoms with Crippen LogP contribution in [0.1, 0.15) is 23.6 Å². The Bertz CT molecular complexity index is 1700. The lowest BCUT2D eigenvalue weighted by molar-refractivity contribution is 0.714. The summed E-state index contributed by atoms with van der Waals surface area (Å²) in [5, 5.41) is 0. The van der Waals surface area contributed by atoms with E-state index in [1.54, 1.807) is 0 Å². The number of nitrogens with zero attached hydrogens (tertiary/aromatic N) is 3. The molecule has 1 aliphatic rings. The van der Waals surface area contributed by atoms with Crippen LogP contribution in [0, 0.1) is 0 Å². The molecule has 0 aliphatic heterocycles. The normalized spacial score (nSPS) is 15.6. The Morgan fingerprint density at radius 1 is 0.421 bits per heavy atom. The van der Waals surface area contributed by atoms with Crippen LogP contribution >= 0.6 is 0 Å². The Kier molecular flexibility index (Phi) is 5.22. The zero-order valence-corrected chi connectivity index (χ0v) is 21.0. The molecule has 0 saturated carbocycles. The summed E-state index contributed by atoms with van der Waals surface area (Å²) in [6.45, 7) is 2.33. The van der Waals surface area contributed by atoms with E-state index in [-0.39, 0.29) is 5.41 Å². The molecule has 180 valence electrons. The van der Waals surface area contributed by atoms with Gasteiger partial charge in [-0.2, -0.15) is 0 Å². The van der Waals surface area contributed by atoms with Crippen LogP contribution in [0.25, 0.3) is 45.3 Å². The second-order valence-corrected chi connectivity index (χ2v) is 9.80. The molecule has 0 N–H and O–H groups in total. The van der Waals surface area contributed by atoms with E-state index in [1.165, 1.54) is 27.8 Å². The first-order valence-corrected chi connectivity index (χ1v) is 12.9. The van der Waals surface area contributed by atoms with Gasteiger partial charge in [0.25, 0.3) is 0 Å². The van der Waals surface area contributed by atoms with Crippen molar-refractivity contribution in [3.05, 3.63) is 150 Å². The molecular weight excluding hydrogens is 462 g/mol. The van der Waals surface area contributed by atoms with E-state index in [4.69, 9.17) is 15.0 Å². The summed E-state index contributed by atoms with van der Waals surface area (Å²) in [6.07, 6.45) is 0. The summed E-state index contributed by atoms with van der Waals surface area (Å²) < 4.78 is 0. The van der Waals surface area contributed by atoms with Crippen molar-refractivity contribution in [1.29, 1.82) is 0 Å². The van der Waals surface area contributed by atoms with Crippen molar-refractivity contribution in [3.63, 3.8) is 0 Å². The molecule has 0 radical (unpaired) electrons. The minimum atomic E-state index is -0.277. The van der Waals surface area contributed by atoms with Gasteiger partial charge in [0.1, 0.15) is 0 Å². The van der Waals surface area contributed by atoms with Crippen LogP contribution < -0.4 is 0 Å². The highest BCUT2D eigenvalue weighted by Crippen LogP contribution is 2.54. The molecule has 5 aromatic carbocycles. The maximum atomic E-state index is 5.05. The second kappa shape index (κ2) is 8.89. The molecule has 0 saturated heterocycles. The molecule has 1 heterocycles. The van der Waals surface area contributed by atoms with E-state index in [0.29, 0.717) is 17.5 Å². The van der Waals surface area contributed by atoms with Gasteiger partial charge in [-0.05, 0) is 34.7 Å². The molecule has 38 heavy (non-hydrogen) atoms. The average Bonchev–Trinajstić information content (AvgIpc) is 3.28. The van der Waals surface area contributed by atoms with Crippen molar-refractivity contribution in [2.45, 2.75) is 12.3 Å². The van der Waals surface area contributed by atoms with Gasteiger partial charge in [0.2, 0.25) is 0 Å². The van der Waals surface area contributed by atoms with Gasteiger partial charge in [-0.3, -0.25) is 0 Å². The lowest BCUT2D eigenvalue weighted by atomic mass is 9.74. The minimum Gasteiger partial charge on any atom is -0.208 e. The van der Waals surface area contributed by atoms with E-state index in [9.17, 15) is 0 Å². The average molecular weight is 488 g/mol. The molecule has 0 bridgehead atoms. The van der Waals surface area contributed by atoms with E-state index >= 15 is 0 Å². The quantitative estimate of drug-likeness (QED) is 0.251. The van der Waals surface area contributed by atoms with Crippen molar-refractivity contribution in [1.82, 2.24) is 15.0 Å². The summed E-state index contributed by atoms with van der Waals surface area (Å²) in [5.41, 5.74) is 8.94. The fourth-order valence-corrected chi connectivity index (χ4v) is 5.74. The third-order valence-corrected chi connectivity index (χ3v) is 7.63. The maximum absolute atomic E-state index is 5.05. The second-order valence-electron chi connectivity index (χ2n) is 9.80. The highest BCUT2D eigenvalue weighted by atomic mass is 15.0. The lowest BCUT2D eigenvalue weighted by Gasteiger charge is -2.28. The van der Waals surface area contributed by atoms with Crippen LogP contribution in [0.3, 0.4) is 0 Å². The van der Waals surface area contributed by atoms with Gasteiger partial charge in [0.05, 0.1) is 0 Å². The predicted octanol–water partition coefficient (Wildman–Crippen LogP) is 8.21. The van der Waals surface area contributed by atoms with E-state index < -0.39 is 0 Å². The SMILES string of the molecule is CC1(c2ccccc2)c2ccccc2-c2c(-c3nc(-c4ccccc4)nc(-c4ccccc4)n3)cccc21. The van der Waals surface area contributed by atoms with Crippen molar-refractivity contribution in [3.8, 4) is 45.3 Å². The molecule has 0 spiro atoms. The van der Waals surface area contributed by atoms with Gasteiger partial charge in [0.15, 0.2) is 17.5 Å². The van der Waals surface area contributed by atoms with Crippen LogP contribution in [0.5, 0.6) is 0 Å². The van der Waals surface area contributed by atoms with Gasteiger partial charge >= 0.3 is 0 Å². The first kappa shape index (κ1) is 22.3. The van der Waals surface area contributed by atoms with Crippen molar-refractivity contribution in [2.75, 3.05) is 0 Å². The highest BCUT2D eigenvalue weighted by molar-refractivity contribution is 5.92. The summed E-state index contributed by atoms with van der Waals surface area (Å²) in [5.74, 6) is 2.02. The Morgan fingerprint density at radius 3 is 1.53 bits per heavy atom. The fraction of sp³-hybridized carbons (Fsp3) is 0.0571. The Balaban J connectivity index is 1.51. The lowest BCUT2D eigenvalue weighted by Crippen LogP contribution is -2.22. The molecular formula is C35H25N3. The summed E-state index contributed by atoms with van der Waals surface area (Å²) in [6, 6.07) is 46.3. The van der Waals surface area contributed by atoms with E-state index in [2.05, 4.69) is 79.7 Å². The molecule has 6 aromatic rings. The fourth-order valence-electron chi connectivity index (χ4n) is 5.74. The van der Waals surface area contributed by atoms with Gasteiger partial charge in [-0.25, -0.2) is 15.0 Å². The van der Waals surface area contributed by atoms with Gasteiger partial charge < -0.3 is 0 Å². The van der Waals surface area contributed by atoms with E-state index in [0.717, 1.165) is 16.7 Å². The molecule has 0 fully saturated rings. The summed E-state index contributed by atoms with van der Waals surface area (Å²) in [4.78, 5) is 15.0. The number of hydrogen-bond acceptors (Lipinski definition) is 3. The summed E-state index contributed by atoms with van der Waals surface area (Å²) >= 11 is 0. The predicted molar refractivity (Wildman–Crippen MR) is 154 cm³/mol. The Labute approximate surface area is 222 Å². The third-order valence-electron chi connectivity index (χ3n) is 7.63. The van der Waals surface area contributed by atoms with Gasteiger partial charge in [0, 0.05) is 22.1 Å². The smallest absolute Gasteiger partial charge is 0.164 e. The molecule has 3 heteroatoms. The van der Waals surface area contributed by atoms with Gasteiger partial charge in [-0.1, -0.05) is 133 Å². The first-order chi connectivity index (χ1) is 18.7. The van der Waals surface area contributed by atoms with Crippen LogP contribution in [-0.2, 0) is 5.41 Å². The van der Waals surface area contributed by atoms with Crippen LogP contribution in [-0.4, -0.2) is 15.0 Å². The number of fused-ring (bicyclic) bond motifs is 3. The number of rotatable bonds is 4. The van der Waals surface area contributed by atoms with Crippen LogP contribution in [0.15, 0.2) is 133 Å². The largest absolute Gasteiger partial charge is 0.208 e. The third kappa shape index (κ3) is 3.47. The van der Waals surface area contributed by atoms with Gasteiger partial charge in [-0.15, -0.1) is 0 Å². The molecule has 1 atom stereocenters. The monoisotopic (exact) mass is 487 g/mol. The minimum absolute atomic E-state index is 0.277. The molecule has 3 nitrogen and oxygen atoms in total. The molecule has 1 aliphatic carbocycles. The zero-order valence-electron chi connectivity index (χ0n) is 21.0. The highest BCUT2D eigenvalue weighted by Gasteiger charge is 2.41. The number of benzene rings is 5. The summed E-state index contributed by atoms with van der Waals surface area (Å²) in [7, 11) is 0. The Hall–Kier alpha value is -4.89. The van der Waals surface area contributed by atoms with Crippen molar-refractivity contribution in [2.24, 2.45) is 0 Å². The number of aromatic nitrogens is 3. The first-order valence-electron chi connectivity index (χ1n) is 12.9. The molecule has 7 rings (SSSR count). The number of hydrogen-bond donors (Lipinski definition) is 0. The Morgan fingerprint density at radius 2 is 0.895 bits per heavy atom. The molecule has 1 aromatic heterocycles. The maximum Gasteiger partial charge on any atom is 0.164 e. The molecule has 1 unspecified atom stereocenters. The topological polar surface area (TPSA) is 38.7 Å². The van der Waals surface area contributed by atoms with Crippen LogP contribution in [0.4, 0.5) is 0 Å². The molecule has 0 amide bonds. The standard InChI is InChI=1S/C35H25N3/c1-35(26-18-9-4-10-19-26)29-22-12-11-20-27(29)31-28(21-13-23-30(31)35)34-37-32(24-14-5-2-6-15-24)36-33(38-34)25-16-7-3-8-17-25/h2-23H,1H3.